The van der Waals surface area contributed by atoms with Gasteiger partial charge in [-0.1, -0.05) is 37.1 Å². The summed E-state index contributed by atoms with van der Waals surface area (Å²) in [6.07, 6.45) is 0. The van der Waals surface area contributed by atoms with E-state index in [1.165, 1.54) is 0 Å². The summed E-state index contributed by atoms with van der Waals surface area (Å²) in [7, 11) is 0. The lowest BCUT2D eigenvalue weighted by Crippen LogP contribution is -2.17. The normalized spacial score (nSPS) is 10.9. The van der Waals surface area contributed by atoms with Crippen LogP contribution in [0.1, 0.15) is 35.9 Å². The molecule has 0 aliphatic rings. The highest BCUT2D eigenvalue weighted by Crippen LogP contribution is 2.19. The third-order valence-electron chi connectivity index (χ3n) is 3.12. The fraction of sp³-hybridized carbons (Fsp3) is 0.214. The largest absolute Gasteiger partial charge is 0.286 e. The Morgan fingerprint density at radius 3 is 2.68 bits per heavy atom. The maximum Gasteiger partial charge on any atom is 0.276 e. The highest BCUT2D eigenvalue weighted by Gasteiger charge is 2.19. The number of amides is 1. The molecule has 0 atom stereocenters. The van der Waals surface area contributed by atoms with Crippen LogP contribution >= 0.6 is 0 Å². The van der Waals surface area contributed by atoms with Gasteiger partial charge in [0.05, 0.1) is 11.4 Å². The van der Waals surface area contributed by atoms with Gasteiger partial charge in [0.25, 0.3) is 11.9 Å². The van der Waals surface area contributed by atoms with Crippen LogP contribution in [0.4, 0.5) is 5.95 Å². The number of hydrogen-bond acceptors (Lipinski definition) is 5. The number of carbonyl (C=O) groups excluding carboxylic acids is 1. The lowest BCUT2D eigenvalue weighted by molar-refractivity contribution is 0.101. The zero-order valence-corrected chi connectivity index (χ0v) is 12.2. The Balaban J connectivity index is 2.00. The molecule has 3 aromatic rings. The third kappa shape index (κ3) is 2.71. The Hall–Kier alpha value is -3.03. The smallest absolute Gasteiger partial charge is 0.276 e. The quantitative estimate of drug-likeness (QED) is 0.764. The summed E-state index contributed by atoms with van der Waals surface area (Å²) in [5, 5.41) is 20.2. The molecule has 0 spiro atoms. The van der Waals surface area contributed by atoms with Crippen LogP contribution in [0.3, 0.4) is 0 Å². The Morgan fingerprint density at radius 1 is 1.27 bits per heavy atom. The predicted octanol–water partition coefficient (Wildman–Crippen LogP) is 1.76. The van der Waals surface area contributed by atoms with Gasteiger partial charge in [-0.25, -0.2) is 4.68 Å². The van der Waals surface area contributed by atoms with Crippen molar-refractivity contribution in [2.45, 2.75) is 19.8 Å². The van der Waals surface area contributed by atoms with Crippen LogP contribution in [0.15, 0.2) is 36.4 Å². The van der Waals surface area contributed by atoms with Crippen molar-refractivity contribution in [3.05, 3.63) is 47.8 Å². The molecular formula is C14H15N7O. The Bertz CT molecular complexity index is 762. The van der Waals surface area contributed by atoms with E-state index in [-0.39, 0.29) is 17.8 Å². The maximum atomic E-state index is 12.4. The number of benzene rings is 1. The van der Waals surface area contributed by atoms with E-state index >= 15 is 0 Å². The molecule has 2 aromatic heterocycles. The predicted molar refractivity (Wildman–Crippen MR) is 79.8 cm³/mol. The number of carbonyl (C=O) groups is 1. The molecule has 0 saturated carbocycles. The fourth-order valence-electron chi connectivity index (χ4n) is 1.99. The highest BCUT2D eigenvalue weighted by molar-refractivity contribution is 6.02. The molecule has 0 aliphatic heterocycles. The standard InChI is InChI=1S/C14H15N7O/c1-9(2)11-8-12(13(22)15-14-16-19-20-17-14)21(18-11)10-6-4-3-5-7-10/h3-9H,1-2H3,(H2,15,16,17,19,20,22). The molecular weight excluding hydrogens is 282 g/mol. The van der Waals surface area contributed by atoms with E-state index in [9.17, 15) is 4.79 Å². The van der Waals surface area contributed by atoms with Crippen LogP contribution in [0, 0.1) is 0 Å². The topological polar surface area (TPSA) is 101 Å². The van der Waals surface area contributed by atoms with Gasteiger partial charge in [-0.15, -0.1) is 5.10 Å². The first-order chi connectivity index (χ1) is 10.6. The van der Waals surface area contributed by atoms with Gasteiger partial charge in [0.15, 0.2) is 0 Å². The average Bonchev–Trinajstić information content (AvgIpc) is 3.17. The molecule has 0 unspecified atom stereocenters. The van der Waals surface area contributed by atoms with Crippen LogP contribution in [0.5, 0.6) is 0 Å². The lowest BCUT2D eigenvalue weighted by atomic mass is 10.1. The van der Waals surface area contributed by atoms with Gasteiger partial charge >= 0.3 is 0 Å². The van der Waals surface area contributed by atoms with Crippen LogP contribution in [0.25, 0.3) is 5.69 Å². The van der Waals surface area contributed by atoms with E-state index in [4.69, 9.17) is 0 Å². The van der Waals surface area contributed by atoms with E-state index in [2.05, 4.69) is 31.0 Å². The number of anilines is 1. The molecule has 0 radical (unpaired) electrons. The Labute approximate surface area is 126 Å². The number of aromatic amines is 1. The molecule has 1 aromatic carbocycles. The van der Waals surface area contributed by atoms with Crippen molar-refractivity contribution in [2.75, 3.05) is 5.32 Å². The zero-order valence-electron chi connectivity index (χ0n) is 12.2. The zero-order chi connectivity index (χ0) is 15.5. The molecule has 2 heterocycles. The van der Waals surface area contributed by atoms with E-state index in [1.54, 1.807) is 10.7 Å². The minimum atomic E-state index is -0.343. The van der Waals surface area contributed by atoms with Crippen LogP contribution in [-0.4, -0.2) is 36.3 Å². The number of nitrogens with one attached hydrogen (secondary N) is 2. The minimum Gasteiger partial charge on any atom is -0.286 e. The summed E-state index contributed by atoms with van der Waals surface area (Å²) in [4.78, 5) is 12.4. The molecule has 112 valence electrons. The third-order valence-corrected chi connectivity index (χ3v) is 3.12. The van der Waals surface area contributed by atoms with E-state index in [1.807, 2.05) is 44.2 Å². The second-order valence-electron chi connectivity index (χ2n) is 5.05. The van der Waals surface area contributed by atoms with E-state index in [0.717, 1.165) is 11.4 Å². The van der Waals surface area contributed by atoms with E-state index in [0.29, 0.717) is 5.69 Å². The van der Waals surface area contributed by atoms with Gasteiger partial charge < -0.3 is 0 Å². The second-order valence-corrected chi connectivity index (χ2v) is 5.05. The van der Waals surface area contributed by atoms with Gasteiger partial charge in [0, 0.05) is 0 Å². The molecule has 1 amide bonds. The fourth-order valence-corrected chi connectivity index (χ4v) is 1.99. The molecule has 0 aliphatic carbocycles. The number of H-pyrrole nitrogens is 1. The average molecular weight is 297 g/mol. The monoisotopic (exact) mass is 297 g/mol. The van der Waals surface area contributed by atoms with Crippen molar-refractivity contribution in [1.82, 2.24) is 30.4 Å². The number of aromatic nitrogens is 6. The van der Waals surface area contributed by atoms with Crippen LogP contribution in [0.2, 0.25) is 0 Å². The van der Waals surface area contributed by atoms with Crippen molar-refractivity contribution in [3.63, 3.8) is 0 Å². The molecule has 8 nitrogen and oxygen atoms in total. The number of tetrazole rings is 1. The summed E-state index contributed by atoms with van der Waals surface area (Å²) in [6, 6.07) is 11.3. The van der Waals surface area contributed by atoms with Gasteiger partial charge in [-0.3, -0.25) is 10.1 Å². The van der Waals surface area contributed by atoms with Gasteiger partial charge in [0.1, 0.15) is 5.69 Å². The Kier molecular flexibility index (Phi) is 3.65. The van der Waals surface area contributed by atoms with Crippen molar-refractivity contribution in [3.8, 4) is 5.69 Å². The van der Waals surface area contributed by atoms with Crippen molar-refractivity contribution in [1.29, 1.82) is 0 Å². The summed E-state index contributed by atoms with van der Waals surface area (Å²) < 4.78 is 1.62. The number of nitrogens with zero attached hydrogens (tertiary/aromatic N) is 5. The van der Waals surface area contributed by atoms with Crippen molar-refractivity contribution in [2.24, 2.45) is 0 Å². The lowest BCUT2D eigenvalue weighted by Gasteiger charge is -2.06. The number of para-hydroxylation sites is 1. The van der Waals surface area contributed by atoms with Crippen molar-refractivity contribution >= 4 is 11.9 Å². The first-order valence-corrected chi connectivity index (χ1v) is 6.85. The van der Waals surface area contributed by atoms with Gasteiger partial charge in [-0.05, 0) is 29.3 Å². The van der Waals surface area contributed by atoms with Crippen LogP contribution < -0.4 is 5.32 Å². The first kappa shape index (κ1) is 13.9. The molecule has 0 bridgehead atoms. The molecule has 0 saturated heterocycles. The van der Waals surface area contributed by atoms with Crippen LogP contribution in [-0.2, 0) is 0 Å². The summed E-state index contributed by atoms with van der Waals surface area (Å²) in [5.41, 5.74) is 2.06. The molecule has 2 N–H and O–H groups in total. The SMILES string of the molecule is CC(C)c1cc(C(=O)Nc2nn[nH]n2)n(-c2ccccc2)n1. The number of rotatable bonds is 4. The summed E-state index contributed by atoms with van der Waals surface area (Å²) in [6.45, 7) is 4.05. The first-order valence-electron chi connectivity index (χ1n) is 6.85. The summed E-state index contributed by atoms with van der Waals surface area (Å²) in [5.74, 6) is -0.0109. The second kappa shape index (κ2) is 5.76. The minimum absolute atomic E-state index is 0.122. The molecule has 22 heavy (non-hydrogen) atoms. The van der Waals surface area contributed by atoms with E-state index < -0.39 is 0 Å². The van der Waals surface area contributed by atoms with Gasteiger partial charge in [-0.2, -0.15) is 10.3 Å². The summed E-state index contributed by atoms with van der Waals surface area (Å²) >= 11 is 0. The maximum absolute atomic E-state index is 12.4. The van der Waals surface area contributed by atoms with Gasteiger partial charge in [0.2, 0.25) is 0 Å². The number of hydrogen-bond donors (Lipinski definition) is 2. The molecule has 0 fully saturated rings. The molecule has 8 heteroatoms. The van der Waals surface area contributed by atoms with Crippen molar-refractivity contribution < 1.29 is 4.79 Å². The Morgan fingerprint density at radius 2 is 2.05 bits per heavy atom. The molecule has 3 rings (SSSR count). The highest BCUT2D eigenvalue weighted by atomic mass is 16.2.